The van der Waals surface area contributed by atoms with E-state index in [0.29, 0.717) is 12.1 Å². The van der Waals surface area contributed by atoms with Crippen molar-refractivity contribution in [2.24, 2.45) is 0 Å². The van der Waals surface area contributed by atoms with Crippen molar-refractivity contribution in [1.29, 1.82) is 0 Å². The Hall–Kier alpha value is -1.85. The zero-order valence-electron chi connectivity index (χ0n) is 12.2. The Balaban J connectivity index is 0.00000121. The zero-order valence-corrected chi connectivity index (χ0v) is 13.9. The van der Waals surface area contributed by atoms with E-state index in [2.05, 4.69) is 9.97 Å². The highest BCUT2D eigenvalue weighted by Gasteiger charge is 2.05. The van der Waals surface area contributed by atoms with Crippen LogP contribution in [0.15, 0.2) is 43.1 Å². The van der Waals surface area contributed by atoms with Gasteiger partial charge in [-0.25, -0.2) is 14.4 Å². The van der Waals surface area contributed by atoms with Crippen LogP contribution in [0.25, 0.3) is 5.69 Å². The number of benzene rings is 1. The normalized spacial score (nSPS) is 9.95. The summed E-state index contributed by atoms with van der Waals surface area (Å²) in [5.41, 5.74) is 2.47. The van der Waals surface area contributed by atoms with Gasteiger partial charge >= 0.3 is 0 Å². The van der Waals surface area contributed by atoms with Crippen LogP contribution in [-0.2, 0) is 6.54 Å². The molecule has 0 saturated heterocycles. The highest BCUT2D eigenvalue weighted by Crippen LogP contribution is 2.14. The molecule has 0 spiro atoms. The second kappa shape index (κ2) is 7.42. The van der Waals surface area contributed by atoms with Crippen LogP contribution in [0.5, 0.6) is 0 Å². The Bertz CT molecular complexity index is 752. The van der Waals surface area contributed by atoms with Crippen molar-refractivity contribution in [2.75, 3.05) is 0 Å². The summed E-state index contributed by atoms with van der Waals surface area (Å²) >= 11 is 0. The second-order valence-electron chi connectivity index (χ2n) is 4.81. The lowest BCUT2D eigenvalue weighted by molar-refractivity contribution is 0.618. The van der Waals surface area contributed by atoms with Gasteiger partial charge in [0.25, 0.3) is 0 Å². The van der Waals surface area contributed by atoms with Crippen molar-refractivity contribution in [1.82, 2.24) is 19.1 Å². The minimum absolute atomic E-state index is 0. The van der Waals surface area contributed by atoms with Crippen molar-refractivity contribution in [3.05, 3.63) is 66.0 Å². The number of imidazole rings is 2. The molecule has 2 heterocycles. The first-order valence-corrected chi connectivity index (χ1v) is 6.40. The SMILES string of the molecule is Cc1cc(-n2cnc(Cn3ccnc3C)c2)ccc1F.Cl.Cl. The zero-order chi connectivity index (χ0) is 14.1. The van der Waals surface area contributed by atoms with Crippen molar-refractivity contribution < 1.29 is 4.39 Å². The molecule has 0 unspecified atom stereocenters. The van der Waals surface area contributed by atoms with Gasteiger partial charge in [0.05, 0.1) is 18.6 Å². The van der Waals surface area contributed by atoms with Gasteiger partial charge in [-0.2, -0.15) is 0 Å². The number of aryl methyl sites for hydroxylation is 2. The molecule has 0 bridgehead atoms. The van der Waals surface area contributed by atoms with Gasteiger partial charge in [0, 0.05) is 24.3 Å². The predicted molar refractivity (Wildman–Crippen MR) is 88.8 cm³/mol. The van der Waals surface area contributed by atoms with E-state index in [1.165, 1.54) is 6.07 Å². The molecule has 0 saturated carbocycles. The van der Waals surface area contributed by atoms with Gasteiger partial charge in [-0.1, -0.05) is 0 Å². The van der Waals surface area contributed by atoms with Crippen LogP contribution in [0.2, 0.25) is 0 Å². The van der Waals surface area contributed by atoms with E-state index in [0.717, 1.165) is 17.2 Å². The van der Waals surface area contributed by atoms with Crippen LogP contribution in [0, 0.1) is 19.7 Å². The molecule has 0 N–H and O–H groups in total. The molecule has 0 radical (unpaired) electrons. The summed E-state index contributed by atoms with van der Waals surface area (Å²) in [6.45, 7) is 4.39. The third kappa shape index (κ3) is 3.67. The summed E-state index contributed by atoms with van der Waals surface area (Å²) in [5.74, 6) is 0.764. The molecule has 0 aliphatic carbocycles. The van der Waals surface area contributed by atoms with Gasteiger partial charge in [0.15, 0.2) is 0 Å². The maximum Gasteiger partial charge on any atom is 0.126 e. The van der Waals surface area contributed by atoms with Gasteiger partial charge in [-0.05, 0) is 37.6 Å². The standard InChI is InChI=1S/C15H15FN4.2ClH/c1-11-7-14(3-4-15(11)16)20-9-13(18-10-20)8-19-6-5-17-12(19)2;;/h3-7,9-10H,8H2,1-2H3;2*1H. The van der Waals surface area contributed by atoms with Crippen LogP contribution < -0.4 is 0 Å². The summed E-state index contributed by atoms with van der Waals surface area (Å²) in [5, 5.41) is 0. The molecule has 0 fully saturated rings. The fraction of sp³-hybridized carbons (Fsp3) is 0.200. The van der Waals surface area contributed by atoms with E-state index >= 15 is 0 Å². The van der Waals surface area contributed by atoms with E-state index in [1.54, 1.807) is 25.5 Å². The largest absolute Gasteiger partial charge is 0.329 e. The highest BCUT2D eigenvalue weighted by atomic mass is 35.5. The summed E-state index contributed by atoms with van der Waals surface area (Å²) in [6.07, 6.45) is 7.40. The van der Waals surface area contributed by atoms with Gasteiger partial charge in [0.2, 0.25) is 0 Å². The molecule has 3 rings (SSSR count). The van der Waals surface area contributed by atoms with Gasteiger partial charge in [0.1, 0.15) is 11.6 Å². The summed E-state index contributed by atoms with van der Waals surface area (Å²) in [4.78, 5) is 8.57. The maximum absolute atomic E-state index is 13.3. The quantitative estimate of drug-likeness (QED) is 0.727. The average Bonchev–Trinajstić information content (AvgIpc) is 3.04. The first-order chi connectivity index (χ1) is 9.63. The number of nitrogens with zero attached hydrogens (tertiary/aromatic N) is 4. The Labute approximate surface area is 140 Å². The molecule has 22 heavy (non-hydrogen) atoms. The van der Waals surface area contributed by atoms with E-state index in [4.69, 9.17) is 0 Å². The molecule has 0 atom stereocenters. The smallest absolute Gasteiger partial charge is 0.126 e. The summed E-state index contributed by atoms with van der Waals surface area (Å²) in [6, 6.07) is 5.03. The average molecular weight is 343 g/mol. The molecule has 118 valence electrons. The summed E-state index contributed by atoms with van der Waals surface area (Å²) in [7, 11) is 0. The molecule has 0 amide bonds. The van der Waals surface area contributed by atoms with Crippen LogP contribution in [0.3, 0.4) is 0 Å². The Kier molecular flexibility index (Phi) is 6.14. The fourth-order valence-corrected chi connectivity index (χ4v) is 2.12. The highest BCUT2D eigenvalue weighted by molar-refractivity contribution is 5.85. The number of hydrogen-bond donors (Lipinski definition) is 0. The Morgan fingerprint density at radius 1 is 1.14 bits per heavy atom. The molecule has 7 heteroatoms. The Morgan fingerprint density at radius 3 is 2.55 bits per heavy atom. The topological polar surface area (TPSA) is 35.6 Å². The lowest BCUT2D eigenvalue weighted by atomic mass is 10.2. The minimum Gasteiger partial charge on any atom is -0.329 e. The van der Waals surface area contributed by atoms with Crippen molar-refractivity contribution in [3.8, 4) is 5.69 Å². The van der Waals surface area contributed by atoms with Gasteiger partial charge in [-0.15, -0.1) is 24.8 Å². The molecule has 1 aromatic carbocycles. The molecule has 2 aromatic heterocycles. The van der Waals surface area contributed by atoms with Crippen LogP contribution in [0.4, 0.5) is 4.39 Å². The predicted octanol–water partition coefficient (Wildman–Crippen LogP) is 3.72. The molecule has 3 aromatic rings. The van der Waals surface area contributed by atoms with Crippen LogP contribution in [-0.4, -0.2) is 19.1 Å². The molecule has 0 aliphatic heterocycles. The van der Waals surface area contributed by atoms with Crippen molar-refractivity contribution in [3.63, 3.8) is 0 Å². The molecule has 4 nitrogen and oxygen atoms in total. The number of halogens is 3. The Morgan fingerprint density at radius 2 is 1.91 bits per heavy atom. The number of hydrogen-bond acceptors (Lipinski definition) is 2. The van der Waals surface area contributed by atoms with Gasteiger partial charge in [-0.3, -0.25) is 0 Å². The molecule has 0 aliphatic rings. The lowest BCUT2D eigenvalue weighted by Crippen LogP contribution is -2.01. The first-order valence-electron chi connectivity index (χ1n) is 6.40. The monoisotopic (exact) mass is 342 g/mol. The van der Waals surface area contributed by atoms with E-state index < -0.39 is 0 Å². The molecular weight excluding hydrogens is 326 g/mol. The van der Waals surface area contributed by atoms with E-state index in [9.17, 15) is 4.39 Å². The fourth-order valence-electron chi connectivity index (χ4n) is 2.12. The van der Waals surface area contributed by atoms with Crippen molar-refractivity contribution in [2.45, 2.75) is 20.4 Å². The van der Waals surface area contributed by atoms with Crippen LogP contribution >= 0.6 is 24.8 Å². The van der Waals surface area contributed by atoms with E-state index in [-0.39, 0.29) is 30.6 Å². The van der Waals surface area contributed by atoms with Crippen LogP contribution in [0.1, 0.15) is 17.1 Å². The number of rotatable bonds is 3. The second-order valence-corrected chi connectivity index (χ2v) is 4.81. The first kappa shape index (κ1) is 18.2. The lowest BCUT2D eigenvalue weighted by Gasteiger charge is -2.04. The van der Waals surface area contributed by atoms with E-state index in [1.807, 2.05) is 34.5 Å². The summed E-state index contributed by atoms with van der Waals surface area (Å²) < 4.78 is 17.2. The van der Waals surface area contributed by atoms with Gasteiger partial charge < -0.3 is 9.13 Å². The maximum atomic E-state index is 13.3. The third-order valence-electron chi connectivity index (χ3n) is 3.33. The third-order valence-corrected chi connectivity index (χ3v) is 3.33. The molecular formula is C15H17Cl2FN4. The minimum atomic E-state index is -0.192. The van der Waals surface area contributed by atoms with Crippen molar-refractivity contribution >= 4 is 24.8 Å². The number of aromatic nitrogens is 4.